The fourth-order valence-electron chi connectivity index (χ4n) is 3.06. The van der Waals surface area contributed by atoms with Gasteiger partial charge in [0.05, 0.1) is 24.8 Å². The van der Waals surface area contributed by atoms with Gasteiger partial charge in [0.15, 0.2) is 17.7 Å². The molecule has 0 radical (unpaired) electrons. The molecule has 1 unspecified atom stereocenters. The first kappa shape index (κ1) is 19.9. The zero-order valence-corrected chi connectivity index (χ0v) is 14.8. The van der Waals surface area contributed by atoms with Gasteiger partial charge in [-0.3, -0.25) is 14.7 Å². The lowest BCUT2D eigenvalue weighted by Gasteiger charge is -2.37. The van der Waals surface area contributed by atoms with Gasteiger partial charge in [-0.05, 0) is 29.7 Å². The standard InChI is InChI=1S/C18H20F2N4O4/c19-12-2-1-11(6-13(12)20)17(27)18(28)23-14-9-24(4-3-15(14)25)16(26)5-10-7-21-22-8-10/h1-2,6-8,14-15,17,25,27H,3-5,9H2,(H,21,22)(H,23,28)/t14-,15-,17?/m1/s1. The predicted molar refractivity (Wildman–Crippen MR) is 92.7 cm³/mol. The highest BCUT2D eigenvalue weighted by Gasteiger charge is 2.33. The van der Waals surface area contributed by atoms with Crippen LogP contribution in [0.3, 0.4) is 0 Å². The SMILES string of the molecule is O=C(N[C@@H]1CN(C(=O)Cc2cn[nH]c2)CC[C@H]1O)C(O)c1ccc(F)c(F)c1. The molecule has 8 nitrogen and oxygen atoms in total. The number of amides is 2. The number of benzene rings is 1. The van der Waals surface area contributed by atoms with Crippen LogP contribution in [-0.4, -0.2) is 62.4 Å². The molecule has 1 saturated heterocycles. The topological polar surface area (TPSA) is 119 Å². The van der Waals surface area contributed by atoms with E-state index in [2.05, 4.69) is 15.5 Å². The van der Waals surface area contributed by atoms with Gasteiger partial charge in [0.2, 0.25) is 5.91 Å². The Kier molecular flexibility index (Phi) is 6.00. The summed E-state index contributed by atoms with van der Waals surface area (Å²) in [4.78, 5) is 26.2. The van der Waals surface area contributed by atoms with E-state index in [1.807, 2.05) is 0 Å². The van der Waals surface area contributed by atoms with Crippen molar-refractivity contribution in [3.63, 3.8) is 0 Å². The number of aliphatic hydroxyl groups is 2. The number of nitrogens with one attached hydrogen (secondary N) is 2. The molecule has 28 heavy (non-hydrogen) atoms. The number of aromatic amines is 1. The molecule has 2 heterocycles. The molecule has 1 aromatic heterocycles. The number of carbonyl (C=O) groups excluding carboxylic acids is 2. The number of aliphatic hydroxyl groups excluding tert-OH is 2. The molecule has 4 N–H and O–H groups in total. The molecule has 0 saturated carbocycles. The first-order valence-corrected chi connectivity index (χ1v) is 8.72. The van der Waals surface area contributed by atoms with Crippen LogP contribution in [0.5, 0.6) is 0 Å². The van der Waals surface area contributed by atoms with Crippen LogP contribution >= 0.6 is 0 Å². The molecule has 2 amide bonds. The molecular formula is C18H20F2N4O4. The van der Waals surface area contributed by atoms with Crippen molar-refractivity contribution in [3.8, 4) is 0 Å². The van der Waals surface area contributed by atoms with Crippen LogP contribution in [0.15, 0.2) is 30.6 Å². The number of hydrogen-bond donors (Lipinski definition) is 4. The van der Waals surface area contributed by atoms with E-state index < -0.39 is 35.8 Å². The Morgan fingerprint density at radius 2 is 2.14 bits per heavy atom. The van der Waals surface area contributed by atoms with Crippen molar-refractivity contribution < 1.29 is 28.6 Å². The second-order valence-corrected chi connectivity index (χ2v) is 6.67. The van der Waals surface area contributed by atoms with Crippen LogP contribution in [0.1, 0.15) is 23.7 Å². The minimum atomic E-state index is -1.74. The number of aromatic nitrogens is 2. The summed E-state index contributed by atoms with van der Waals surface area (Å²) < 4.78 is 26.3. The fourth-order valence-corrected chi connectivity index (χ4v) is 3.06. The molecule has 2 aromatic rings. The van der Waals surface area contributed by atoms with Crippen LogP contribution < -0.4 is 5.32 Å². The quantitative estimate of drug-likeness (QED) is 0.571. The summed E-state index contributed by atoms with van der Waals surface area (Å²) in [7, 11) is 0. The van der Waals surface area contributed by atoms with Crippen LogP contribution in [0, 0.1) is 11.6 Å². The number of rotatable bonds is 5. The molecule has 1 aliphatic heterocycles. The highest BCUT2D eigenvalue weighted by atomic mass is 19.2. The van der Waals surface area contributed by atoms with Gasteiger partial charge in [-0.25, -0.2) is 8.78 Å². The molecule has 10 heteroatoms. The second kappa shape index (κ2) is 8.44. The van der Waals surface area contributed by atoms with Gasteiger partial charge >= 0.3 is 0 Å². The maximum atomic E-state index is 13.3. The number of hydrogen-bond acceptors (Lipinski definition) is 5. The highest BCUT2D eigenvalue weighted by molar-refractivity contribution is 5.82. The number of piperidine rings is 1. The molecule has 3 rings (SSSR count). The highest BCUT2D eigenvalue weighted by Crippen LogP contribution is 2.18. The third-order valence-electron chi connectivity index (χ3n) is 4.67. The van der Waals surface area contributed by atoms with E-state index in [-0.39, 0.29) is 30.9 Å². The Labute approximate surface area is 159 Å². The third kappa shape index (κ3) is 4.52. The van der Waals surface area contributed by atoms with Crippen molar-refractivity contribution in [2.24, 2.45) is 0 Å². The van der Waals surface area contributed by atoms with Crippen LogP contribution in [-0.2, 0) is 16.0 Å². The van der Waals surface area contributed by atoms with Crippen LogP contribution in [0.25, 0.3) is 0 Å². The Morgan fingerprint density at radius 3 is 2.82 bits per heavy atom. The van der Waals surface area contributed by atoms with Crippen molar-refractivity contribution in [1.29, 1.82) is 0 Å². The summed E-state index contributed by atoms with van der Waals surface area (Å²) >= 11 is 0. The number of H-pyrrole nitrogens is 1. The number of carbonyl (C=O) groups is 2. The lowest BCUT2D eigenvalue weighted by atomic mass is 10.0. The lowest BCUT2D eigenvalue weighted by Crippen LogP contribution is -2.57. The largest absolute Gasteiger partial charge is 0.391 e. The van der Waals surface area contributed by atoms with Gasteiger partial charge in [0.1, 0.15) is 0 Å². The monoisotopic (exact) mass is 394 g/mol. The van der Waals surface area contributed by atoms with Gasteiger partial charge < -0.3 is 20.4 Å². The van der Waals surface area contributed by atoms with E-state index in [9.17, 15) is 28.6 Å². The predicted octanol–water partition coefficient (Wildman–Crippen LogP) is 0.0420. The molecule has 150 valence electrons. The summed E-state index contributed by atoms with van der Waals surface area (Å²) in [6.45, 7) is 0.393. The summed E-state index contributed by atoms with van der Waals surface area (Å²) in [5.41, 5.74) is 0.597. The Balaban J connectivity index is 1.62. The van der Waals surface area contributed by atoms with Gasteiger partial charge in [0, 0.05) is 19.3 Å². The van der Waals surface area contributed by atoms with Crippen LogP contribution in [0.2, 0.25) is 0 Å². The van der Waals surface area contributed by atoms with Crippen molar-refractivity contribution >= 4 is 11.8 Å². The molecule has 0 bridgehead atoms. The minimum absolute atomic E-state index is 0.0636. The molecular weight excluding hydrogens is 374 g/mol. The molecule has 0 aliphatic carbocycles. The maximum absolute atomic E-state index is 13.3. The Bertz CT molecular complexity index is 846. The van der Waals surface area contributed by atoms with E-state index in [0.717, 1.165) is 18.2 Å². The zero-order valence-electron chi connectivity index (χ0n) is 14.8. The summed E-state index contributed by atoms with van der Waals surface area (Å²) in [5, 5.41) is 29.1. The summed E-state index contributed by atoms with van der Waals surface area (Å²) in [5.74, 6) is -3.34. The zero-order chi connectivity index (χ0) is 20.3. The van der Waals surface area contributed by atoms with Gasteiger partial charge in [-0.1, -0.05) is 6.07 Å². The average molecular weight is 394 g/mol. The molecule has 1 aliphatic rings. The molecule has 1 aromatic carbocycles. The lowest BCUT2D eigenvalue weighted by molar-refractivity contribution is -0.137. The van der Waals surface area contributed by atoms with Crippen molar-refractivity contribution in [3.05, 3.63) is 53.4 Å². The number of halogens is 2. The van der Waals surface area contributed by atoms with Crippen molar-refractivity contribution in [2.75, 3.05) is 13.1 Å². The van der Waals surface area contributed by atoms with Gasteiger partial charge in [0.25, 0.3) is 5.91 Å². The Morgan fingerprint density at radius 1 is 1.36 bits per heavy atom. The van der Waals surface area contributed by atoms with E-state index in [1.165, 1.54) is 11.1 Å². The van der Waals surface area contributed by atoms with E-state index in [0.29, 0.717) is 12.1 Å². The minimum Gasteiger partial charge on any atom is -0.391 e. The van der Waals surface area contributed by atoms with E-state index in [1.54, 1.807) is 6.20 Å². The summed E-state index contributed by atoms with van der Waals surface area (Å²) in [6, 6.07) is 1.85. The van der Waals surface area contributed by atoms with Gasteiger partial charge in [-0.2, -0.15) is 5.10 Å². The van der Waals surface area contributed by atoms with Crippen molar-refractivity contribution in [1.82, 2.24) is 20.4 Å². The maximum Gasteiger partial charge on any atom is 0.253 e. The summed E-state index contributed by atoms with van der Waals surface area (Å²) in [6.07, 6.45) is 0.884. The van der Waals surface area contributed by atoms with Gasteiger partial charge in [-0.15, -0.1) is 0 Å². The second-order valence-electron chi connectivity index (χ2n) is 6.67. The van der Waals surface area contributed by atoms with E-state index >= 15 is 0 Å². The van der Waals surface area contributed by atoms with E-state index in [4.69, 9.17) is 0 Å². The fraction of sp³-hybridized carbons (Fsp3) is 0.389. The molecule has 1 fully saturated rings. The Hall–Kier alpha value is -2.85. The number of nitrogens with zero attached hydrogens (tertiary/aromatic N) is 2. The van der Waals surface area contributed by atoms with Crippen molar-refractivity contribution in [2.45, 2.75) is 31.1 Å². The molecule has 0 spiro atoms. The van der Waals surface area contributed by atoms with Crippen LogP contribution in [0.4, 0.5) is 8.78 Å². The first-order valence-electron chi connectivity index (χ1n) is 8.72. The third-order valence-corrected chi connectivity index (χ3v) is 4.67. The number of likely N-dealkylation sites (tertiary alicyclic amines) is 1. The smallest absolute Gasteiger partial charge is 0.253 e. The average Bonchev–Trinajstić information content (AvgIpc) is 3.18. The normalized spacial score (nSPS) is 20.6. The first-order chi connectivity index (χ1) is 13.3. The molecule has 3 atom stereocenters.